The zero-order valence-corrected chi connectivity index (χ0v) is 11.1. The number of nitrogens with one attached hydrogen (secondary N) is 1. The number of thiazole rings is 1. The van der Waals surface area contributed by atoms with Gasteiger partial charge < -0.3 is 10.1 Å². The third-order valence-corrected chi connectivity index (χ3v) is 3.06. The van der Waals surface area contributed by atoms with Crippen molar-refractivity contribution in [1.82, 2.24) is 10.3 Å². The Morgan fingerprint density at radius 1 is 1.44 bits per heavy atom. The van der Waals surface area contributed by atoms with Gasteiger partial charge in [-0.1, -0.05) is 13.8 Å². The molecule has 1 rings (SSSR count). The molecule has 1 heterocycles. The fourth-order valence-electron chi connectivity index (χ4n) is 1.47. The van der Waals surface area contributed by atoms with Crippen molar-refractivity contribution in [3.63, 3.8) is 0 Å². The molecule has 1 unspecified atom stereocenters. The number of ether oxygens (including phenoxy) is 1. The van der Waals surface area contributed by atoms with Crippen molar-refractivity contribution < 1.29 is 4.74 Å². The highest BCUT2D eigenvalue weighted by Crippen LogP contribution is 2.07. The van der Waals surface area contributed by atoms with Crippen molar-refractivity contribution in [2.75, 3.05) is 19.8 Å². The molecule has 0 aromatic carbocycles. The second-order valence-electron chi connectivity index (χ2n) is 3.86. The van der Waals surface area contributed by atoms with Gasteiger partial charge in [0, 0.05) is 30.6 Å². The summed E-state index contributed by atoms with van der Waals surface area (Å²) in [6.45, 7) is 7.00. The van der Waals surface area contributed by atoms with E-state index in [-0.39, 0.29) is 0 Å². The minimum Gasteiger partial charge on any atom is -0.380 e. The summed E-state index contributed by atoms with van der Waals surface area (Å²) in [4.78, 5) is 4.32. The van der Waals surface area contributed by atoms with E-state index in [1.54, 1.807) is 11.3 Å². The zero-order chi connectivity index (χ0) is 11.6. The Balaban J connectivity index is 2.31. The van der Waals surface area contributed by atoms with Crippen LogP contribution in [0.3, 0.4) is 0 Å². The van der Waals surface area contributed by atoms with E-state index in [1.165, 1.54) is 5.01 Å². The molecule has 1 aromatic heterocycles. The van der Waals surface area contributed by atoms with Gasteiger partial charge in [0.25, 0.3) is 0 Å². The van der Waals surface area contributed by atoms with Gasteiger partial charge in [-0.3, -0.25) is 0 Å². The lowest BCUT2D eigenvalue weighted by atomic mass is 10.2. The first-order valence-corrected chi connectivity index (χ1v) is 6.94. The molecular weight excluding hydrogens is 220 g/mol. The van der Waals surface area contributed by atoms with Gasteiger partial charge in [-0.25, -0.2) is 4.98 Å². The van der Waals surface area contributed by atoms with Crippen LogP contribution in [0.1, 0.15) is 31.7 Å². The van der Waals surface area contributed by atoms with E-state index in [4.69, 9.17) is 4.74 Å². The Hall–Kier alpha value is -0.450. The van der Waals surface area contributed by atoms with Gasteiger partial charge in [0.05, 0.1) is 11.6 Å². The standard InChI is InChI=1S/C12H22N2OS/c1-3-5-13-11(10-15-7-4-2)9-12-14-6-8-16-12/h6,8,11,13H,3-5,7,9-10H2,1-2H3. The number of hydrogen-bond donors (Lipinski definition) is 1. The molecule has 1 atom stereocenters. The zero-order valence-electron chi connectivity index (χ0n) is 10.2. The topological polar surface area (TPSA) is 34.1 Å². The van der Waals surface area contributed by atoms with Crippen molar-refractivity contribution in [3.8, 4) is 0 Å². The van der Waals surface area contributed by atoms with Gasteiger partial charge in [0.15, 0.2) is 0 Å². The van der Waals surface area contributed by atoms with Crippen LogP contribution in [0.5, 0.6) is 0 Å². The fourth-order valence-corrected chi connectivity index (χ4v) is 2.17. The summed E-state index contributed by atoms with van der Waals surface area (Å²) in [5, 5.41) is 6.72. The maximum absolute atomic E-state index is 5.61. The lowest BCUT2D eigenvalue weighted by Crippen LogP contribution is -2.36. The number of rotatable bonds is 9. The van der Waals surface area contributed by atoms with E-state index in [9.17, 15) is 0 Å². The molecule has 1 N–H and O–H groups in total. The van der Waals surface area contributed by atoms with Crippen LogP contribution in [-0.2, 0) is 11.2 Å². The van der Waals surface area contributed by atoms with E-state index >= 15 is 0 Å². The van der Waals surface area contributed by atoms with Gasteiger partial charge in [0.2, 0.25) is 0 Å². The summed E-state index contributed by atoms with van der Waals surface area (Å²) in [6.07, 6.45) is 5.07. The van der Waals surface area contributed by atoms with E-state index in [2.05, 4.69) is 24.1 Å². The van der Waals surface area contributed by atoms with Gasteiger partial charge in [-0.05, 0) is 19.4 Å². The summed E-state index contributed by atoms with van der Waals surface area (Å²) in [5.41, 5.74) is 0. The van der Waals surface area contributed by atoms with Crippen LogP contribution in [0, 0.1) is 0 Å². The van der Waals surface area contributed by atoms with Crippen LogP contribution in [-0.4, -0.2) is 30.8 Å². The molecule has 0 fully saturated rings. The van der Waals surface area contributed by atoms with E-state index in [0.717, 1.165) is 39.0 Å². The smallest absolute Gasteiger partial charge is 0.0941 e. The minimum absolute atomic E-state index is 0.401. The molecule has 0 saturated heterocycles. The number of hydrogen-bond acceptors (Lipinski definition) is 4. The summed E-state index contributed by atoms with van der Waals surface area (Å²) < 4.78 is 5.61. The highest BCUT2D eigenvalue weighted by atomic mass is 32.1. The first-order chi connectivity index (χ1) is 7.86. The van der Waals surface area contributed by atoms with E-state index < -0.39 is 0 Å². The Morgan fingerprint density at radius 3 is 2.94 bits per heavy atom. The maximum atomic E-state index is 5.61. The highest BCUT2D eigenvalue weighted by molar-refractivity contribution is 7.09. The molecule has 0 saturated carbocycles. The molecule has 0 aliphatic heterocycles. The molecule has 0 spiro atoms. The number of aromatic nitrogens is 1. The molecule has 4 heteroatoms. The average molecular weight is 242 g/mol. The average Bonchev–Trinajstić information content (AvgIpc) is 2.78. The molecular formula is C12H22N2OS. The molecule has 0 aliphatic rings. The van der Waals surface area contributed by atoms with E-state index in [1.807, 2.05) is 11.6 Å². The molecule has 0 amide bonds. The van der Waals surface area contributed by atoms with Crippen LogP contribution in [0.25, 0.3) is 0 Å². The largest absolute Gasteiger partial charge is 0.380 e. The number of nitrogens with zero attached hydrogens (tertiary/aromatic N) is 1. The van der Waals surface area contributed by atoms with Crippen LogP contribution >= 0.6 is 11.3 Å². The second kappa shape index (κ2) is 8.67. The SMILES string of the molecule is CCCNC(COCCC)Cc1nccs1. The third-order valence-electron chi connectivity index (χ3n) is 2.25. The first kappa shape index (κ1) is 13.6. The van der Waals surface area contributed by atoms with Gasteiger partial charge in [-0.2, -0.15) is 0 Å². The molecule has 92 valence electrons. The lowest BCUT2D eigenvalue weighted by molar-refractivity contribution is 0.111. The first-order valence-electron chi connectivity index (χ1n) is 6.06. The maximum Gasteiger partial charge on any atom is 0.0941 e. The molecule has 0 aliphatic carbocycles. The Bertz CT molecular complexity index is 252. The van der Waals surface area contributed by atoms with Crippen LogP contribution < -0.4 is 5.32 Å². The predicted molar refractivity (Wildman–Crippen MR) is 69.0 cm³/mol. The summed E-state index contributed by atoms with van der Waals surface area (Å²) >= 11 is 1.72. The summed E-state index contributed by atoms with van der Waals surface area (Å²) in [7, 11) is 0. The van der Waals surface area contributed by atoms with Gasteiger partial charge in [-0.15, -0.1) is 11.3 Å². The Labute approximate surface area is 102 Å². The normalized spacial score (nSPS) is 12.9. The minimum atomic E-state index is 0.401. The van der Waals surface area contributed by atoms with Crippen LogP contribution in [0.4, 0.5) is 0 Å². The Morgan fingerprint density at radius 2 is 2.31 bits per heavy atom. The molecule has 0 radical (unpaired) electrons. The second-order valence-corrected chi connectivity index (χ2v) is 4.84. The Kier molecular flexibility index (Phi) is 7.38. The van der Waals surface area contributed by atoms with Crippen LogP contribution in [0.2, 0.25) is 0 Å². The molecule has 16 heavy (non-hydrogen) atoms. The van der Waals surface area contributed by atoms with Crippen molar-refractivity contribution in [1.29, 1.82) is 0 Å². The predicted octanol–water partition coefficient (Wildman–Crippen LogP) is 2.48. The van der Waals surface area contributed by atoms with Gasteiger partial charge >= 0.3 is 0 Å². The summed E-state index contributed by atoms with van der Waals surface area (Å²) in [5.74, 6) is 0. The highest BCUT2D eigenvalue weighted by Gasteiger charge is 2.10. The molecule has 1 aromatic rings. The monoisotopic (exact) mass is 242 g/mol. The van der Waals surface area contributed by atoms with Crippen LogP contribution in [0.15, 0.2) is 11.6 Å². The molecule has 3 nitrogen and oxygen atoms in total. The summed E-state index contributed by atoms with van der Waals surface area (Å²) in [6, 6.07) is 0.401. The lowest BCUT2D eigenvalue weighted by Gasteiger charge is -2.17. The van der Waals surface area contributed by atoms with Crippen molar-refractivity contribution in [2.45, 2.75) is 39.2 Å². The van der Waals surface area contributed by atoms with E-state index in [0.29, 0.717) is 6.04 Å². The third kappa shape index (κ3) is 5.58. The van der Waals surface area contributed by atoms with Crippen molar-refractivity contribution in [3.05, 3.63) is 16.6 Å². The fraction of sp³-hybridized carbons (Fsp3) is 0.750. The van der Waals surface area contributed by atoms with Gasteiger partial charge in [0.1, 0.15) is 0 Å². The van der Waals surface area contributed by atoms with Crippen molar-refractivity contribution >= 4 is 11.3 Å². The van der Waals surface area contributed by atoms with Crippen molar-refractivity contribution in [2.24, 2.45) is 0 Å². The molecule has 0 bridgehead atoms. The quantitative estimate of drug-likeness (QED) is 0.676.